The Morgan fingerprint density at radius 1 is 1.10 bits per heavy atom. The van der Waals surface area contributed by atoms with Crippen molar-refractivity contribution in [3.63, 3.8) is 0 Å². The standard InChI is InChI=1S/C22H30N4O3S/c1-22(2,3)18-14-19(25-10-12-28-13-11-25)24-21(23-18)30-15-16-6-7-17(29-16)20(27)26-8-4-5-9-26/h6-7,14H,4-5,8-13,15H2,1-3H3. The van der Waals surface area contributed by atoms with E-state index in [1.807, 2.05) is 11.0 Å². The van der Waals surface area contributed by atoms with E-state index in [0.717, 1.165) is 74.7 Å². The second-order valence-electron chi connectivity index (χ2n) is 8.80. The summed E-state index contributed by atoms with van der Waals surface area (Å²) in [5.41, 5.74) is 0.949. The number of amides is 1. The first-order chi connectivity index (χ1) is 14.4. The Labute approximate surface area is 182 Å². The topological polar surface area (TPSA) is 71.7 Å². The van der Waals surface area contributed by atoms with Gasteiger partial charge in [-0.25, -0.2) is 9.97 Å². The molecule has 2 aliphatic rings. The first kappa shape index (κ1) is 21.2. The van der Waals surface area contributed by atoms with Crippen LogP contribution in [-0.4, -0.2) is 60.2 Å². The molecule has 0 unspecified atom stereocenters. The van der Waals surface area contributed by atoms with Crippen LogP contribution in [0.3, 0.4) is 0 Å². The summed E-state index contributed by atoms with van der Waals surface area (Å²) < 4.78 is 11.3. The maximum absolute atomic E-state index is 12.5. The number of carbonyl (C=O) groups excluding carboxylic acids is 1. The SMILES string of the molecule is CC(C)(C)c1cc(N2CCOCC2)nc(SCc2ccc(C(=O)N3CCCC3)o2)n1. The molecule has 2 aliphatic heterocycles. The summed E-state index contributed by atoms with van der Waals surface area (Å²) in [7, 11) is 0. The highest BCUT2D eigenvalue weighted by atomic mass is 32.2. The van der Waals surface area contributed by atoms with Gasteiger partial charge in [0.25, 0.3) is 5.91 Å². The van der Waals surface area contributed by atoms with E-state index in [2.05, 4.69) is 31.7 Å². The number of aromatic nitrogens is 2. The van der Waals surface area contributed by atoms with Gasteiger partial charge in [0.05, 0.1) is 24.7 Å². The van der Waals surface area contributed by atoms with Crippen molar-refractivity contribution >= 4 is 23.5 Å². The molecule has 2 aromatic rings. The molecule has 0 bridgehead atoms. The number of furan rings is 1. The van der Waals surface area contributed by atoms with Crippen LogP contribution >= 0.6 is 11.8 Å². The molecule has 2 aromatic heterocycles. The van der Waals surface area contributed by atoms with Gasteiger partial charge < -0.3 is 19.0 Å². The lowest BCUT2D eigenvalue weighted by molar-refractivity contribution is 0.0759. The van der Waals surface area contributed by atoms with E-state index in [1.165, 1.54) is 0 Å². The van der Waals surface area contributed by atoms with Gasteiger partial charge in [-0.05, 0) is 25.0 Å². The number of likely N-dealkylation sites (tertiary alicyclic amines) is 1. The van der Waals surface area contributed by atoms with E-state index in [9.17, 15) is 4.79 Å². The van der Waals surface area contributed by atoms with Crippen molar-refractivity contribution in [2.75, 3.05) is 44.3 Å². The van der Waals surface area contributed by atoms with Gasteiger partial charge in [-0.15, -0.1) is 0 Å². The molecule has 0 N–H and O–H groups in total. The van der Waals surface area contributed by atoms with Gasteiger partial charge in [0.2, 0.25) is 0 Å². The van der Waals surface area contributed by atoms with Gasteiger partial charge in [0.1, 0.15) is 11.6 Å². The third kappa shape index (κ3) is 4.98. The second-order valence-corrected chi connectivity index (χ2v) is 9.74. The fourth-order valence-corrected chi connectivity index (χ4v) is 4.35. The average molecular weight is 431 g/mol. The fourth-order valence-electron chi connectivity index (χ4n) is 3.60. The van der Waals surface area contributed by atoms with E-state index in [0.29, 0.717) is 11.5 Å². The summed E-state index contributed by atoms with van der Waals surface area (Å²) >= 11 is 1.54. The van der Waals surface area contributed by atoms with Gasteiger partial charge in [-0.1, -0.05) is 32.5 Å². The minimum absolute atomic E-state index is 0.00988. The molecule has 8 heteroatoms. The maximum Gasteiger partial charge on any atom is 0.289 e. The Balaban J connectivity index is 1.48. The van der Waals surface area contributed by atoms with Gasteiger partial charge in [0, 0.05) is 37.7 Å². The van der Waals surface area contributed by atoms with Crippen molar-refractivity contribution in [3.05, 3.63) is 35.4 Å². The Kier molecular flexibility index (Phi) is 6.34. The normalized spacial score (nSPS) is 17.6. The number of rotatable bonds is 5. The zero-order valence-corrected chi connectivity index (χ0v) is 18.8. The lowest BCUT2D eigenvalue weighted by Gasteiger charge is -2.29. The van der Waals surface area contributed by atoms with Crippen molar-refractivity contribution in [1.82, 2.24) is 14.9 Å². The summed E-state index contributed by atoms with van der Waals surface area (Å²) in [6.45, 7) is 11.2. The molecule has 162 valence electrons. The quantitative estimate of drug-likeness (QED) is 0.529. The third-order valence-corrected chi connectivity index (χ3v) is 6.27. The highest BCUT2D eigenvalue weighted by Gasteiger charge is 2.23. The molecule has 0 radical (unpaired) electrons. The van der Waals surface area contributed by atoms with Crippen LogP contribution in [0, 0.1) is 0 Å². The summed E-state index contributed by atoms with van der Waals surface area (Å²) in [5.74, 6) is 2.71. The minimum atomic E-state index is -0.0702. The number of hydrogen-bond donors (Lipinski definition) is 0. The van der Waals surface area contributed by atoms with Crippen molar-refractivity contribution in [1.29, 1.82) is 0 Å². The molecule has 0 atom stereocenters. The average Bonchev–Trinajstić information content (AvgIpc) is 3.44. The molecule has 4 rings (SSSR count). The summed E-state index contributed by atoms with van der Waals surface area (Å²) in [6, 6.07) is 5.75. The molecule has 2 fully saturated rings. The predicted octanol–water partition coefficient (Wildman–Crippen LogP) is 3.73. The smallest absolute Gasteiger partial charge is 0.289 e. The van der Waals surface area contributed by atoms with E-state index in [1.54, 1.807) is 17.8 Å². The summed E-state index contributed by atoms with van der Waals surface area (Å²) in [4.78, 5) is 26.2. The van der Waals surface area contributed by atoms with E-state index in [-0.39, 0.29) is 11.3 Å². The third-order valence-electron chi connectivity index (χ3n) is 5.40. The molecule has 0 spiro atoms. The zero-order chi connectivity index (χ0) is 21.1. The predicted molar refractivity (Wildman–Crippen MR) is 117 cm³/mol. The number of morpholine rings is 1. The lowest BCUT2D eigenvalue weighted by atomic mass is 9.92. The number of carbonyl (C=O) groups is 1. The monoisotopic (exact) mass is 430 g/mol. The van der Waals surface area contributed by atoms with Crippen LogP contribution in [0.15, 0.2) is 27.8 Å². The van der Waals surface area contributed by atoms with Crippen LogP contribution < -0.4 is 4.90 Å². The van der Waals surface area contributed by atoms with E-state index in [4.69, 9.17) is 19.1 Å². The van der Waals surface area contributed by atoms with Crippen molar-refractivity contribution in [2.24, 2.45) is 0 Å². The fraction of sp³-hybridized carbons (Fsp3) is 0.591. The van der Waals surface area contributed by atoms with Gasteiger partial charge >= 0.3 is 0 Å². The maximum atomic E-state index is 12.5. The van der Waals surface area contributed by atoms with Crippen LogP contribution in [0.25, 0.3) is 0 Å². The van der Waals surface area contributed by atoms with Gasteiger partial charge in [-0.3, -0.25) is 4.79 Å². The van der Waals surface area contributed by atoms with Gasteiger partial charge in [0.15, 0.2) is 10.9 Å². The van der Waals surface area contributed by atoms with Crippen molar-refractivity contribution in [3.8, 4) is 0 Å². The van der Waals surface area contributed by atoms with Crippen LogP contribution in [0.2, 0.25) is 0 Å². The summed E-state index contributed by atoms with van der Waals surface area (Å²) in [6.07, 6.45) is 2.14. The van der Waals surface area contributed by atoms with Crippen molar-refractivity contribution < 1.29 is 13.9 Å². The second kappa shape index (κ2) is 8.98. The molecular weight excluding hydrogens is 400 g/mol. The van der Waals surface area contributed by atoms with E-state index < -0.39 is 0 Å². The van der Waals surface area contributed by atoms with Crippen LogP contribution in [0.4, 0.5) is 5.82 Å². The van der Waals surface area contributed by atoms with Gasteiger partial charge in [-0.2, -0.15) is 0 Å². The highest BCUT2D eigenvalue weighted by molar-refractivity contribution is 7.98. The Hall–Kier alpha value is -2.06. The molecular formula is C22H30N4O3S. The molecule has 1 amide bonds. The molecule has 7 nitrogen and oxygen atoms in total. The number of ether oxygens (including phenoxy) is 1. The lowest BCUT2D eigenvalue weighted by Crippen LogP contribution is -2.37. The molecule has 0 saturated carbocycles. The zero-order valence-electron chi connectivity index (χ0n) is 18.0. The number of anilines is 1. The minimum Gasteiger partial charge on any atom is -0.455 e. The molecule has 30 heavy (non-hydrogen) atoms. The summed E-state index contributed by atoms with van der Waals surface area (Å²) in [5, 5.41) is 0.729. The molecule has 4 heterocycles. The van der Waals surface area contributed by atoms with Crippen LogP contribution in [0.1, 0.15) is 55.6 Å². The highest BCUT2D eigenvalue weighted by Crippen LogP contribution is 2.29. The molecule has 0 aromatic carbocycles. The molecule has 0 aliphatic carbocycles. The van der Waals surface area contributed by atoms with Crippen LogP contribution in [0.5, 0.6) is 0 Å². The number of hydrogen-bond acceptors (Lipinski definition) is 7. The first-order valence-corrected chi connectivity index (χ1v) is 11.6. The Morgan fingerprint density at radius 2 is 1.83 bits per heavy atom. The number of nitrogens with zero attached hydrogens (tertiary/aromatic N) is 4. The first-order valence-electron chi connectivity index (χ1n) is 10.6. The Bertz CT molecular complexity index is 881. The number of thioether (sulfide) groups is 1. The van der Waals surface area contributed by atoms with E-state index >= 15 is 0 Å². The Morgan fingerprint density at radius 3 is 2.53 bits per heavy atom. The largest absolute Gasteiger partial charge is 0.455 e. The molecule has 2 saturated heterocycles. The van der Waals surface area contributed by atoms with Crippen molar-refractivity contribution in [2.45, 2.75) is 49.9 Å². The van der Waals surface area contributed by atoms with Crippen LogP contribution in [-0.2, 0) is 15.9 Å².